The maximum absolute atomic E-state index is 13.2. The lowest BCUT2D eigenvalue weighted by Gasteiger charge is -2.35. The number of hydrogen-bond donors (Lipinski definition) is 0. The molecule has 9 nitrogen and oxygen atoms in total. The number of ether oxygens (including phenoxy) is 3. The van der Waals surface area contributed by atoms with Crippen molar-refractivity contribution in [1.82, 2.24) is 4.31 Å². The van der Waals surface area contributed by atoms with Crippen molar-refractivity contribution in [3.63, 3.8) is 0 Å². The first-order chi connectivity index (χ1) is 17.3. The van der Waals surface area contributed by atoms with Gasteiger partial charge >= 0.3 is 5.97 Å². The van der Waals surface area contributed by atoms with Crippen LogP contribution in [-0.2, 0) is 19.6 Å². The molecule has 0 radical (unpaired) electrons. The molecule has 2 aromatic carbocycles. The number of furan rings is 1. The first kappa shape index (κ1) is 25.6. The Morgan fingerprint density at radius 1 is 1.03 bits per heavy atom. The molecule has 3 aromatic rings. The molecule has 0 atom stereocenters. The molecule has 1 aliphatic rings. The number of rotatable bonds is 9. The van der Waals surface area contributed by atoms with Gasteiger partial charge in [-0.3, -0.25) is 0 Å². The normalized spacial score (nSPS) is 14.6. The van der Waals surface area contributed by atoms with E-state index in [2.05, 4.69) is 4.90 Å². The van der Waals surface area contributed by atoms with Gasteiger partial charge in [0.15, 0.2) is 6.61 Å². The fourth-order valence-electron chi connectivity index (χ4n) is 3.98. The molecule has 1 fully saturated rings. The third-order valence-corrected chi connectivity index (χ3v) is 7.72. The van der Waals surface area contributed by atoms with Crippen LogP contribution in [0.3, 0.4) is 0 Å². The molecule has 0 N–H and O–H groups in total. The SMILES string of the molecule is COC(=O)COc1cc(N2CCN(S(=O)(=O)c3ccc(OC(C)C)cc3)CC2)ccc1-c1ccoc1. The van der Waals surface area contributed by atoms with E-state index in [0.717, 1.165) is 16.8 Å². The summed E-state index contributed by atoms with van der Waals surface area (Å²) in [7, 11) is -2.31. The smallest absolute Gasteiger partial charge is 0.343 e. The van der Waals surface area contributed by atoms with Crippen molar-refractivity contribution in [2.75, 3.05) is 44.8 Å². The average Bonchev–Trinajstić information content (AvgIpc) is 3.42. The minimum absolute atomic E-state index is 0.0145. The summed E-state index contributed by atoms with van der Waals surface area (Å²) < 4.78 is 49.1. The zero-order valence-corrected chi connectivity index (χ0v) is 21.4. The summed E-state index contributed by atoms with van der Waals surface area (Å²) >= 11 is 0. The van der Waals surface area contributed by atoms with Gasteiger partial charge < -0.3 is 23.5 Å². The second-order valence-electron chi connectivity index (χ2n) is 8.59. The van der Waals surface area contributed by atoms with Gasteiger partial charge in [0.05, 0.1) is 30.6 Å². The molecular weight excluding hydrogens is 484 g/mol. The molecule has 0 aliphatic carbocycles. The highest BCUT2D eigenvalue weighted by atomic mass is 32.2. The highest BCUT2D eigenvalue weighted by Crippen LogP contribution is 2.35. The standard InChI is InChI=1S/C26H30N2O7S/c1-19(2)35-22-5-7-23(8-6-22)36(30,31)28-13-11-27(12-14-28)21-4-9-24(20-10-15-33-17-20)25(16-21)34-18-26(29)32-3/h4-10,15-17,19H,11-14,18H2,1-3H3. The van der Waals surface area contributed by atoms with E-state index in [9.17, 15) is 13.2 Å². The van der Waals surface area contributed by atoms with E-state index in [1.54, 1.807) is 36.8 Å². The van der Waals surface area contributed by atoms with E-state index in [-0.39, 0.29) is 17.6 Å². The van der Waals surface area contributed by atoms with E-state index in [1.165, 1.54) is 11.4 Å². The van der Waals surface area contributed by atoms with Crippen molar-refractivity contribution >= 4 is 21.7 Å². The van der Waals surface area contributed by atoms with Gasteiger partial charge in [-0.1, -0.05) is 0 Å². The van der Waals surface area contributed by atoms with Crippen molar-refractivity contribution in [3.05, 3.63) is 61.1 Å². The van der Waals surface area contributed by atoms with E-state index in [0.29, 0.717) is 37.7 Å². The van der Waals surface area contributed by atoms with E-state index < -0.39 is 16.0 Å². The Bertz CT molecular complexity index is 1260. The first-order valence-electron chi connectivity index (χ1n) is 11.7. The van der Waals surface area contributed by atoms with Gasteiger partial charge in [0.2, 0.25) is 10.0 Å². The number of methoxy groups -OCH3 is 1. The highest BCUT2D eigenvalue weighted by Gasteiger charge is 2.29. The Morgan fingerprint density at radius 2 is 1.75 bits per heavy atom. The fraction of sp³-hybridized carbons (Fsp3) is 0.346. The number of hydrogen-bond acceptors (Lipinski definition) is 8. The molecule has 1 aliphatic heterocycles. The van der Waals surface area contributed by atoms with Crippen LogP contribution in [0.5, 0.6) is 11.5 Å². The minimum Gasteiger partial charge on any atom is -0.491 e. The summed E-state index contributed by atoms with van der Waals surface area (Å²) in [5.74, 6) is 0.664. The Hall–Kier alpha value is -3.50. The largest absolute Gasteiger partial charge is 0.491 e. The first-order valence-corrected chi connectivity index (χ1v) is 13.1. The lowest BCUT2D eigenvalue weighted by Crippen LogP contribution is -2.48. The molecule has 36 heavy (non-hydrogen) atoms. The molecule has 10 heteroatoms. The van der Waals surface area contributed by atoms with E-state index in [1.807, 2.05) is 38.1 Å². The Kier molecular flexibility index (Phi) is 7.85. The Labute approximate surface area is 211 Å². The van der Waals surface area contributed by atoms with E-state index >= 15 is 0 Å². The van der Waals surface area contributed by atoms with Gasteiger partial charge in [-0.05, 0) is 56.3 Å². The summed E-state index contributed by atoms with van der Waals surface area (Å²) in [4.78, 5) is 14.0. The summed E-state index contributed by atoms with van der Waals surface area (Å²) in [5, 5.41) is 0. The summed E-state index contributed by atoms with van der Waals surface area (Å²) in [6.45, 7) is 5.32. The molecular formula is C26H30N2O7S. The average molecular weight is 515 g/mol. The molecule has 1 aromatic heterocycles. The van der Waals surface area contributed by atoms with Crippen molar-refractivity contribution in [2.24, 2.45) is 0 Å². The predicted octanol–water partition coefficient (Wildman–Crippen LogP) is 3.80. The van der Waals surface area contributed by atoms with Crippen LogP contribution in [0.1, 0.15) is 13.8 Å². The van der Waals surface area contributed by atoms with Crippen LogP contribution in [0.4, 0.5) is 5.69 Å². The van der Waals surface area contributed by atoms with Gasteiger partial charge in [-0.2, -0.15) is 4.31 Å². The minimum atomic E-state index is -3.61. The van der Waals surface area contributed by atoms with Crippen LogP contribution in [0.25, 0.3) is 11.1 Å². The van der Waals surface area contributed by atoms with Gasteiger partial charge in [-0.15, -0.1) is 0 Å². The zero-order chi connectivity index (χ0) is 25.7. The maximum Gasteiger partial charge on any atom is 0.343 e. The number of esters is 1. The highest BCUT2D eigenvalue weighted by molar-refractivity contribution is 7.89. The molecule has 0 saturated carbocycles. The molecule has 0 amide bonds. The number of benzene rings is 2. The van der Waals surface area contributed by atoms with Gasteiger partial charge in [0, 0.05) is 49.1 Å². The van der Waals surface area contributed by atoms with Crippen LogP contribution in [0.15, 0.2) is 70.4 Å². The third-order valence-electron chi connectivity index (χ3n) is 5.81. The number of nitrogens with zero attached hydrogens (tertiary/aromatic N) is 2. The quantitative estimate of drug-likeness (QED) is 0.398. The molecule has 1 saturated heterocycles. The lowest BCUT2D eigenvalue weighted by atomic mass is 10.1. The number of piperazine rings is 1. The van der Waals surface area contributed by atoms with Crippen molar-refractivity contribution < 1.29 is 31.8 Å². The second kappa shape index (κ2) is 11.0. The second-order valence-corrected chi connectivity index (χ2v) is 10.5. The van der Waals surface area contributed by atoms with Crippen LogP contribution in [0.2, 0.25) is 0 Å². The third kappa shape index (κ3) is 5.83. The lowest BCUT2D eigenvalue weighted by molar-refractivity contribution is -0.142. The van der Waals surface area contributed by atoms with Crippen LogP contribution < -0.4 is 14.4 Å². The topological polar surface area (TPSA) is 98.5 Å². The molecule has 4 rings (SSSR count). The summed E-state index contributed by atoms with van der Waals surface area (Å²) in [5.41, 5.74) is 2.47. The summed E-state index contributed by atoms with van der Waals surface area (Å²) in [6, 6.07) is 14.0. The zero-order valence-electron chi connectivity index (χ0n) is 20.5. The van der Waals surface area contributed by atoms with Crippen LogP contribution in [0, 0.1) is 0 Å². The fourth-order valence-corrected chi connectivity index (χ4v) is 5.40. The Morgan fingerprint density at radius 3 is 2.36 bits per heavy atom. The van der Waals surface area contributed by atoms with Gasteiger partial charge in [-0.25, -0.2) is 13.2 Å². The number of sulfonamides is 1. The maximum atomic E-state index is 13.2. The van der Waals surface area contributed by atoms with Crippen molar-refractivity contribution in [1.29, 1.82) is 0 Å². The molecule has 0 bridgehead atoms. The van der Waals surface area contributed by atoms with Gasteiger partial charge in [0.1, 0.15) is 11.5 Å². The molecule has 2 heterocycles. The van der Waals surface area contributed by atoms with Crippen molar-refractivity contribution in [2.45, 2.75) is 24.8 Å². The number of anilines is 1. The van der Waals surface area contributed by atoms with E-state index in [4.69, 9.17) is 18.6 Å². The van der Waals surface area contributed by atoms with Crippen molar-refractivity contribution in [3.8, 4) is 22.6 Å². The number of carbonyl (C=O) groups is 1. The summed E-state index contributed by atoms with van der Waals surface area (Å²) in [6.07, 6.45) is 3.18. The Balaban J connectivity index is 1.46. The van der Waals surface area contributed by atoms with Gasteiger partial charge in [0.25, 0.3) is 0 Å². The molecule has 0 spiro atoms. The monoisotopic (exact) mass is 514 g/mol. The predicted molar refractivity (Wildman–Crippen MR) is 135 cm³/mol. The van der Waals surface area contributed by atoms with Crippen LogP contribution >= 0.6 is 0 Å². The van der Waals surface area contributed by atoms with Crippen LogP contribution in [-0.4, -0.2) is 64.7 Å². The number of carbonyl (C=O) groups excluding carboxylic acids is 1. The molecule has 0 unspecified atom stereocenters. The molecule has 192 valence electrons.